The molecule has 160 valence electrons. The zero-order valence-electron chi connectivity index (χ0n) is 17.0. The first-order valence-corrected chi connectivity index (χ1v) is 10.9. The summed E-state index contributed by atoms with van der Waals surface area (Å²) in [5.74, 6) is -1.26. The van der Waals surface area contributed by atoms with Gasteiger partial charge in [0.05, 0.1) is 9.88 Å². The first-order valence-electron chi connectivity index (χ1n) is 10.1. The molecular weight excluding hydrogens is 418 g/mol. The normalized spacial score (nSPS) is 15.8. The number of hydrogen-bond donors (Lipinski definition) is 1. The molecule has 4 rings (SSSR count). The molecule has 1 fully saturated rings. The molecule has 0 spiro atoms. The van der Waals surface area contributed by atoms with Crippen LogP contribution < -0.4 is 5.32 Å². The second kappa shape index (κ2) is 8.98. The fourth-order valence-electron chi connectivity index (χ4n) is 3.95. The number of rotatable bonds is 5. The summed E-state index contributed by atoms with van der Waals surface area (Å²) in [5, 5.41) is 3.29. The Labute approximate surface area is 183 Å². The lowest BCUT2D eigenvalue weighted by Crippen LogP contribution is -2.36. The third-order valence-corrected chi connectivity index (χ3v) is 6.57. The molecular formula is C24H22F2N2O2S. The van der Waals surface area contributed by atoms with Crippen molar-refractivity contribution in [2.75, 3.05) is 11.9 Å². The van der Waals surface area contributed by atoms with E-state index < -0.39 is 11.7 Å². The number of anilines is 1. The molecule has 0 bridgehead atoms. The van der Waals surface area contributed by atoms with Crippen molar-refractivity contribution >= 4 is 28.2 Å². The Morgan fingerprint density at radius 3 is 2.58 bits per heavy atom. The van der Waals surface area contributed by atoms with Crippen LogP contribution in [0, 0.1) is 18.6 Å². The average molecular weight is 441 g/mol. The van der Waals surface area contributed by atoms with Gasteiger partial charge in [-0.1, -0.05) is 18.2 Å². The highest BCUT2D eigenvalue weighted by Crippen LogP contribution is 2.31. The van der Waals surface area contributed by atoms with Gasteiger partial charge >= 0.3 is 0 Å². The average Bonchev–Trinajstić information content (AvgIpc) is 3.34. The summed E-state index contributed by atoms with van der Waals surface area (Å²) in [6.45, 7) is 2.49. The highest BCUT2D eigenvalue weighted by molar-refractivity contribution is 7.18. The van der Waals surface area contributed by atoms with E-state index in [1.165, 1.54) is 47.7 Å². The Bertz CT molecular complexity index is 1130. The Morgan fingerprint density at radius 2 is 1.84 bits per heavy atom. The Hall–Kier alpha value is -3.06. The predicted molar refractivity (Wildman–Crippen MR) is 118 cm³/mol. The zero-order chi connectivity index (χ0) is 22.0. The molecule has 1 unspecified atom stereocenters. The lowest BCUT2D eigenvalue weighted by Gasteiger charge is -2.24. The van der Waals surface area contributed by atoms with E-state index >= 15 is 0 Å². The molecule has 31 heavy (non-hydrogen) atoms. The molecule has 1 aliphatic heterocycles. The van der Waals surface area contributed by atoms with E-state index in [1.54, 1.807) is 12.1 Å². The molecule has 3 aromatic rings. The molecule has 0 aliphatic carbocycles. The number of nitrogens with zero attached hydrogens (tertiary/aromatic N) is 1. The van der Waals surface area contributed by atoms with E-state index in [0.29, 0.717) is 22.8 Å². The van der Waals surface area contributed by atoms with Crippen molar-refractivity contribution in [1.29, 1.82) is 0 Å². The molecule has 4 nitrogen and oxygen atoms in total. The van der Waals surface area contributed by atoms with Crippen LogP contribution in [0.2, 0.25) is 0 Å². The first-order chi connectivity index (χ1) is 14.9. The van der Waals surface area contributed by atoms with Crippen molar-refractivity contribution in [3.63, 3.8) is 0 Å². The van der Waals surface area contributed by atoms with Gasteiger partial charge in [-0.15, -0.1) is 11.3 Å². The van der Waals surface area contributed by atoms with Gasteiger partial charge in [0.25, 0.3) is 11.8 Å². The summed E-state index contributed by atoms with van der Waals surface area (Å²) >= 11 is 1.22. The van der Waals surface area contributed by atoms with Gasteiger partial charge in [0.15, 0.2) is 0 Å². The van der Waals surface area contributed by atoms with Crippen LogP contribution in [0.1, 0.15) is 44.0 Å². The second-order valence-electron chi connectivity index (χ2n) is 7.72. The molecule has 0 saturated carbocycles. The summed E-state index contributed by atoms with van der Waals surface area (Å²) < 4.78 is 26.9. The van der Waals surface area contributed by atoms with Crippen molar-refractivity contribution in [3.05, 3.63) is 87.8 Å². The van der Waals surface area contributed by atoms with Crippen molar-refractivity contribution in [2.45, 2.75) is 32.2 Å². The number of likely N-dealkylation sites (tertiary alicyclic amines) is 1. The van der Waals surface area contributed by atoms with Crippen molar-refractivity contribution in [3.8, 4) is 0 Å². The summed E-state index contributed by atoms with van der Waals surface area (Å²) in [6.07, 6.45) is 2.38. The smallest absolute Gasteiger partial charge is 0.264 e. The van der Waals surface area contributed by atoms with E-state index in [9.17, 15) is 18.4 Å². The van der Waals surface area contributed by atoms with Crippen LogP contribution in [-0.4, -0.2) is 29.3 Å². The molecule has 2 heterocycles. The number of thiophene rings is 1. The Morgan fingerprint density at radius 1 is 1.10 bits per heavy atom. The van der Waals surface area contributed by atoms with E-state index in [0.717, 1.165) is 24.0 Å². The van der Waals surface area contributed by atoms with Gasteiger partial charge < -0.3 is 10.2 Å². The minimum Gasteiger partial charge on any atom is -0.335 e. The fraction of sp³-hybridized carbons (Fsp3) is 0.250. The highest BCUT2D eigenvalue weighted by Gasteiger charge is 2.31. The van der Waals surface area contributed by atoms with Crippen LogP contribution in [0.3, 0.4) is 0 Å². The maximum absolute atomic E-state index is 13.5. The number of carbonyl (C=O) groups excluding carboxylic acids is 2. The predicted octanol–water partition coefficient (Wildman–Crippen LogP) is 5.43. The third kappa shape index (κ3) is 4.82. The minimum atomic E-state index is -0.482. The Kier molecular flexibility index (Phi) is 6.13. The largest absolute Gasteiger partial charge is 0.335 e. The van der Waals surface area contributed by atoms with Gasteiger partial charge in [0.1, 0.15) is 11.6 Å². The molecule has 0 radical (unpaired) electrons. The lowest BCUT2D eigenvalue weighted by molar-refractivity contribution is 0.0740. The number of aryl methyl sites for hydroxylation is 1. The molecule has 1 saturated heterocycles. The third-order valence-electron chi connectivity index (χ3n) is 5.43. The number of carbonyl (C=O) groups is 2. The first kappa shape index (κ1) is 21.2. The standard InChI is InChI=1S/C24H22F2N2O2S/c1-15-11-21(27-23(29)17-6-3-8-19(26)14-17)31-22(15)24(30)28-10-4-9-20(28)13-16-5-2-7-18(25)12-16/h2-3,5-8,11-12,14,20H,4,9-10,13H2,1H3,(H,27,29). The van der Waals surface area contributed by atoms with Gasteiger partial charge in [-0.3, -0.25) is 9.59 Å². The molecule has 1 aliphatic rings. The lowest BCUT2D eigenvalue weighted by atomic mass is 10.0. The van der Waals surface area contributed by atoms with Crippen LogP contribution in [0.25, 0.3) is 0 Å². The van der Waals surface area contributed by atoms with Crippen LogP contribution in [0.15, 0.2) is 54.6 Å². The van der Waals surface area contributed by atoms with Crippen molar-refractivity contribution in [1.82, 2.24) is 4.90 Å². The van der Waals surface area contributed by atoms with Crippen molar-refractivity contribution in [2.24, 2.45) is 0 Å². The number of benzene rings is 2. The van der Waals surface area contributed by atoms with Crippen molar-refractivity contribution < 1.29 is 18.4 Å². The van der Waals surface area contributed by atoms with E-state index in [2.05, 4.69) is 5.32 Å². The molecule has 1 aromatic heterocycles. The molecule has 7 heteroatoms. The van der Waals surface area contributed by atoms with Gasteiger partial charge in [-0.25, -0.2) is 8.78 Å². The Balaban J connectivity index is 1.48. The van der Waals surface area contributed by atoms with Gasteiger partial charge in [0, 0.05) is 18.2 Å². The van der Waals surface area contributed by atoms with Gasteiger partial charge in [0.2, 0.25) is 0 Å². The highest BCUT2D eigenvalue weighted by atomic mass is 32.1. The SMILES string of the molecule is Cc1cc(NC(=O)c2cccc(F)c2)sc1C(=O)N1CCCC1Cc1cccc(F)c1. The summed E-state index contributed by atoms with van der Waals surface area (Å²) in [6, 6.07) is 13.7. The summed E-state index contributed by atoms with van der Waals surface area (Å²) in [5.41, 5.74) is 1.87. The maximum Gasteiger partial charge on any atom is 0.264 e. The molecule has 2 amide bonds. The fourth-order valence-corrected chi connectivity index (χ4v) is 4.98. The summed E-state index contributed by atoms with van der Waals surface area (Å²) in [4.78, 5) is 28.1. The molecule has 1 N–H and O–H groups in total. The molecule has 2 aromatic carbocycles. The number of halogens is 2. The quantitative estimate of drug-likeness (QED) is 0.575. The van der Waals surface area contributed by atoms with E-state index in [1.807, 2.05) is 17.9 Å². The maximum atomic E-state index is 13.5. The second-order valence-corrected chi connectivity index (χ2v) is 8.77. The van der Waals surface area contributed by atoms with E-state index in [4.69, 9.17) is 0 Å². The van der Waals surface area contributed by atoms with E-state index in [-0.39, 0.29) is 23.3 Å². The monoisotopic (exact) mass is 440 g/mol. The number of amides is 2. The number of hydrogen-bond acceptors (Lipinski definition) is 3. The molecule has 1 atom stereocenters. The van der Waals surface area contributed by atoms with Crippen LogP contribution in [-0.2, 0) is 6.42 Å². The van der Waals surface area contributed by atoms with Crippen LogP contribution in [0.4, 0.5) is 13.8 Å². The summed E-state index contributed by atoms with van der Waals surface area (Å²) in [7, 11) is 0. The van der Waals surface area contributed by atoms with Crippen LogP contribution >= 0.6 is 11.3 Å². The minimum absolute atomic E-state index is 0.0149. The zero-order valence-corrected chi connectivity index (χ0v) is 17.8. The topological polar surface area (TPSA) is 49.4 Å². The van der Waals surface area contributed by atoms with Gasteiger partial charge in [-0.2, -0.15) is 0 Å². The van der Waals surface area contributed by atoms with Crippen LogP contribution in [0.5, 0.6) is 0 Å². The van der Waals surface area contributed by atoms with Gasteiger partial charge in [-0.05, 0) is 73.7 Å². The number of nitrogens with one attached hydrogen (secondary N) is 1.